The van der Waals surface area contributed by atoms with Crippen LogP contribution < -0.4 is 20.7 Å². The van der Waals surface area contributed by atoms with Crippen molar-refractivity contribution in [1.82, 2.24) is 4.98 Å². The molecular formula is C10H19N5O. The maximum absolute atomic E-state index is 11.7. The SMILES string of the molecule is CN(C)c1cc(NC(C)(C)C)[n+]([O-])c(N)n1. The topological polar surface area (TPSA) is 81.1 Å². The van der Waals surface area contributed by atoms with E-state index in [1.807, 2.05) is 34.9 Å². The summed E-state index contributed by atoms with van der Waals surface area (Å²) in [4.78, 5) is 5.77. The number of aromatic nitrogens is 2. The van der Waals surface area contributed by atoms with Gasteiger partial charge in [0.15, 0.2) is 11.6 Å². The lowest BCUT2D eigenvalue weighted by Gasteiger charge is -2.23. The molecule has 16 heavy (non-hydrogen) atoms. The lowest BCUT2D eigenvalue weighted by Crippen LogP contribution is -2.40. The van der Waals surface area contributed by atoms with Crippen LogP contribution in [0.1, 0.15) is 20.8 Å². The Morgan fingerprint density at radius 3 is 2.44 bits per heavy atom. The summed E-state index contributed by atoms with van der Waals surface area (Å²) in [5.41, 5.74) is 5.35. The maximum Gasteiger partial charge on any atom is 0.346 e. The summed E-state index contributed by atoms with van der Waals surface area (Å²) in [6.07, 6.45) is 0. The van der Waals surface area contributed by atoms with Gasteiger partial charge in [-0.3, -0.25) is 0 Å². The first kappa shape index (κ1) is 12.4. The third-order valence-corrected chi connectivity index (χ3v) is 1.88. The number of nitrogen functional groups attached to an aromatic ring is 1. The first-order chi connectivity index (χ1) is 7.20. The number of nitrogens with two attached hydrogens (primary N) is 1. The molecule has 1 heterocycles. The van der Waals surface area contributed by atoms with E-state index in [2.05, 4.69) is 10.3 Å². The molecule has 6 nitrogen and oxygen atoms in total. The number of hydrogen-bond acceptors (Lipinski definition) is 5. The molecule has 0 radical (unpaired) electrons. The average molecular weight is 225 g/mol. The molecule has 90 valence electrons. The van der Waals surface area contributed by atoms with Gasteiger partial charge >= 0.3 is 5.95 Å². The van der Waals surface area contributed by atoms with Crippen molar-refractivity contribution in [2.24, 2.45) is 0 Å². The van der Waals surface area contributed by atoms with Crippen LogP contribution in [0.25, 0.3) is 0 Å². The fourth-order valence-corrected chi connectivity index (χ4v) is 1.20. The van der Waals surface area contributed by atoms with Gasteiger partial charge < -0.3 is 21.2 Å². The predicted octanol–water partition coefficient (Wildman–Crippen LogP) is 0.574. The highest BCUT2D eigenvalue weighted by Crippen LogP contribution is 2.16. The molecule has 1 aromatic rings. The fraction of sp³-hybridized carbons (Fsp3) is 0.600. The molecule has 0 bridgehead atoms. The van der Waals surface area contributed by atoms with Gasteiger partial charge in [-0.05, 0) is 20.8 Å². The lowest BCUT2D eigenvalue weighted by atomic mass is 10.1. The van der Waals surface area contributed by atoms with E-state index in [9.17, 15) is 5.21 Å². The van der Waals surface area contributed by atoms with Crippen molar-refractivity contribution in [2.45, 2.75) is 26.3 Å². The van der Waals surface area contributed by atoms with Crippen molar-refractivity contribution in [3.8, 4) is 0 Å². The smallest absolute Gasteiger partial charge is 0.346 e. The number of nitrogens with zero attached hydrogens (tertiary/aromatic N) is 3. The second-order valence-corrected chi connectivity index (χ2v) is 4.92. The Balaban J connectivity index is 3.17. The molecule has 0 aromatic carbocycles. The van der Waals surface area contributed by atoms with Crippen molar-refractivity contribution in [3.05, 3.63) is 11.3 Å². The zero-order valence-corrected chi connectivity index (χ0v) is 10.4. The normalized spacial score (nSPS) is 11.3. The lowest BCUT2D eigenvalue weighted by molar-refractivity contribution is -0.577. The average Bonchev–Trinajstić information content (AvgIpc) is 2.10. The van der Waals surface area contributed by atoms with Crippen molar-refractivity contribution >= 4 is 17.6 Å². The molecule has 0 amide bonds. The minimum absolute atomic E-state index is 0.0575. The first-order valence-electron chi connectivity index (χ1n) is 5.06. The van der Waals surface area contributed by atoms with Crippen molar-refractivity contribution in [3.63, 3.8) is 0 Å². The summed E-state index contributed by atoms with van der Waals surface area (Å²) < 4.78 is 0.595. The summed E-state index contributed by atoms with van der Waals surface area (Å²) >= 11 is 0. The molecule has 0 aliphatic heterocycles. The van der Waals surface area contributed by atoms with E-state index < -0.39 is 0 Å². The Bertz CT molecular complexity index is 384. The van der Waals surface area contributed by atoms with E-state index in [4.69, 9.17) is 5.73 Å². The highest BCUT2D eigenvalue weighted by Gasteiger charge is 2.17. The molecule has 0 atom stereocenters. The molecule has 0 saturated carbocycles. The van der Waals surface area contributed by atoms with Gasteiger partial charge in [-0.15, -0.1) is 0 Å². The monoisotopic (exact) mass is 225 g/mol. The highest BCUT2D eigenvalue weighted by molar-refractivity contribution is 5.48. The molecule has 0 aliphatic carbocycles. The van der Waals surface area contributed by atoms with Crippen LogP contribution in [0.5, 0.6) is 0 Å². The largest absolute Gasteiger partial charge is 0.754 e. The van der Waals surface area contributed by atoms with Crippen LogP contribution in [0.4, 0.5) is 17.6 Å². The van der Waals surface area contributed by atoms with Crippen LogP contribution in [0.15, 0.2) is 6.07 Å². The van der Waals surface area contributed by atoms with Gasteiger partial charge in [0.1, 0.15) is 0 Å². The minimum Gasteiger partial charge on any atom is -0.754 e. The van der Waals surface area contributed by atoms with Crippen LogP contribution in [-0.4, -0.2) is 24.6 Å². The van der Waals surface area contributed by atoms with Gasteiger partial charge in [0.25, 0.3) is 0 Å². The molecule has 0 spiro atoms. The molecule has 0 fully saturated rings. The zero-order chi connectivity index (χ0) is 12.5. The predicted molar refractivity (Wildman–Crippen MR) is 65.3 cm³/mol. The van der Waals surface area contributed by atoms with E-state index in [1.165, 1.54) is 0 Å². The van der Waals surface area contributed by atoms with Crippen LogP contribution in [0.2, 0.25) is 0 Å². The van der Waals surface area contributed by atoms with E-state index in [-0.39, 0.29) is 11.5 Å². The molecule has 3 N–H and O–H groups in total. The van der Waals surface area contributed by atoms with Crippen molar-refractivity contribution in [2.75, 3.05) is 30.0 Å². The summed E-state index contributed by atoms with van der Waals surface area (Å²) in [7, 11) is 3.69. The van der Waals surface area contributed by atoms with E-state index >= 15 is 0 Å². The van der Waals surface area contributed by atoms with Crippen LogP contribution >= 0.6 is 0 Å². The van der Waals surface area contributed by atoms with Crippen LogP contribution in [-0.2, 0) is 0 Å². The Hall–Kier alpha value is -1.72. The van der Waals surface area contributed by atoms with E-state index in [1.54, 1.807) is 11.0 Å². The second-order valence-electron chi connectivity index (χ2n) is 4.92. The Labute approximate surface area is 95.7 Å². The zero-order valence-electron chi connectivity index (χ0n) is 10.4. The quantitative estimate of drug-likeness (QED) is 0.568. The van der Waals surface area contributed by atoms with Crippen molar-refractivity contribution in [1.29, 1.82) is 0 Å². The summed E-state index contributed by atoms with van der Waals surface area (Å²) in [5.74, 6) is 0.998. The first-order valence-corrected chi connectivity index (χ1v) is 5.06. The molecule has 0 aliphatic rings. The Kier molecular flexibility index (Phi) is 3.11. The van der Waals surface area contributed by atoms with Crippen molar-refractivity contribution < 1.29 is 4.73 Å². The van der Waals surface area contributed by atoms with E-state index in [0.29, 0.717) is 16.4 Å². The van der Waals surface area contributed by atoms with Gasteiger partial charge in [-0.1, -0.05) is 4.98 Å². The molecular weight excluding hydrogens is 206 g/mol. The molecule has 6 heteroatoms. The Morgan fingerprint density at radius 1 is 1.44 bits per heavy atom. The van der Waals surface area contributed by atoms with Crippen LogP contribution in [0, 0.1) is 5.21 Å². The van der Waals surface area contributed by atoms with Gasteiger partial charge in [0.05, 0.1) is 11.6 Å². The minimum atomic E-state index is -0.205. The Morgan fingerprint density at radius 2 is 2.00 bits per heavy atom. The molecule has 1 rings (SSSR count). The third kappa shape index (κ3) is 2.88. The van der Waals surface area contributed by atoms with Gasteiger partial charge in [-0.2, -0.15) is 0 Å². The van der Waals surface area contributed by atoms with Gasteiger partial charge in [-0.25, -0.2) is 4.73 Å². The standard InChI is InChI=1S/C10H19N5O/c1-10(2,3)13-8-6-7(14(4)5)12-9(11)15(8)16/h6,13H,1-5H3,(H2,11,12). The summed E-state index contributed by atoms with van der Waals surface area (Å²) in [6, 6.07) is 1.68. The number of nitrogens with one attached hydrogen (secondary N) is 1. The molecule has 0 saturated heterocycles. The number of hydrogen-bond donors (Lipinski definition) is 2. The number of anilines is 3. The second kappa shape index (κ2) is 4.03. The third-order valence-electron chi connectivity index (χ3n) is 1.88. The van der Waals surface area contributed by atoms with E-state index in [0.717, 1.165) is 0 Å². The van der Waals surface area contributed by atoms with Crippen LogP contribution in [0.3, 0.4) is 0 Å². The maximum atomic E-state index is 11.7. The van der Waals surface area contributed by atoms with Gasteiger partial charge in [0, 0.05) is 14.1 Å². The fourth-order valence-electron chi connectivity index (χ4n) is 1.20. The number of rotatable bonds is 2. The molecule has 0 unspecified atom stereocenters. The highest BCUT2D eigenvalue weighted by atomic mass is 16.5. The summed E-state index contributed by atoms with van der Waals surface area (Å²) in [6.45, 7) is 5.91. The summed E-state index contributed by atoms with van der Waals surface area (Å²) in [5, 5.41) is 14.8. The van der Waals surface area contributed by atoms with Gasteiger partial charge in [0.2, 0.25) is 0 Å². The molecule has 1 aromatic heterocycles.